The standard InChI is InChI=1S/C21H20N4O5S/c1-29-16-9-3-13(11-17(16)30-2)4-10-18-23-21(25-24-18)31-12-19(26)22-15-7-5-14(6-8-15)20(27)28/h3-11H,12H2,1-2H3,(H,22,26)(H,27,28)(H,23,24,25). The van der Waals surface area contributed by atoms with Crippen molar-refractivity contribution in [2.75, 3.05) is 25.3 Å². The minimum absolute atomic E-state index is 0.109. The first-order valence-corrected chi connectivity index (χ1v) is 10.1. The molecule has 0 unspecified atom stereocenters. The van der Waals surface area contributed by atoms with Gasteiger partial charge in [-0.15, -0.1) is 5.10 Å². The molecule has 0 saturated carbocycles. The topological polar surface area (TPSA) is 126 Å². The molecule has 0 saturated heterocycles. The van der Waals surface area contributed by atoms with Crippen molar-refractivity contribution in [3.8, 4) is 11.5 Å². The highest BCUT2D eigenvalue weighted by Gasteiger charge is 2.09. The number of carboxylic acid groups (broad SMARTS) is 1. The molecule has 1 amide bonds. The SMILES string of the molecule is COc1ccc(C=Cc2nc(SCC(=O)Nc3ccc(C(=O)O)cc3)n[nH]2)cc1OC. The number of hydrogen-bond acceptors (Lipinski definition) is 7. The number of carbonyl (C=O) groups is 2. The molecule has 2 aromatic carbocycles. The largest absolute Gasteiger partial charge is 0.493 e. The van der Waals surface area contributed by atoms with Crippen LogP contribution in [0.4, 0.5) is 5.69 Å². The Morgan fingerprint density at radius 2 is 1.84 bits per heavy atom. The van der Waals surface area contributed by atoms with Crippen molar-refractivity contribution in [2.24, 2.45) is 0 Å². The molecule has 0 bridgehead atoms. The molecule has 1 aromatic heterocycles. The van der Waals surface area contributed by atoms with Gasteiger partial charge < -0.3 is 19.9 Å². The first-order valence-electron chi connectivity index (χ1n) is 9.07. The van der Waals surface area contributed by atoms with Crippen LogP contribution in [0.5, 0.6) is 11.5 Å². The van der Waals surface area contributed by atoms with Crippen LogP contribution in [0.1, 0.15) is 21.7 Å². The molecule has 3 N–H and O–H groups in total. The predicted molar refractivity (Wildman–Crippen MR) is 118 cm³/mol. The molecule has 0 aliphatic heterocycles. The Kier molecular flexibility index (Phi) is 7.28. The van der Waals surface area contributed by atoms with Gasteiger partial charge in [0.25, 0.3) is 0 Å². The van der Waals surface area contributed by atoms with E-state index in [2.05, 4.69) is 20.5 Å². The minimum Gasteiger partial charge on any atom is -0.493 e. The van der Waals surface area contributed by atoms with Gasteiger partial charge in [-0.2, -0.15) is 0 Å². The summed E-state index contributed by atoms with van der Waals surface area (Å²) < 4.78 is 10.5. The molecule has 10 heteroatoms. The van der Waals surface area contributed by atoms with Crippen molar-refractivity contribution < 1.29 is 24.2 Å². The lowest BCUT2D eigenvalue weighted by Crippen LogP contribution is -2.14. The molecular weight excluding hydrogens is 420 g/mol. The zero-order valence-corrected chi connectivity index (χ0v) is 17.6. The van der Waals surface area contributed by atoms with Crippen LogP contribution in [0.25, 0.3) is 12.2 Å². The molecule has 0 spiro atoms. The number of anilines is 1. The third kappa shape index (κ3) is 6.09. The second kappa shape index (κ2) is 10.3. The van der Waals surface area contributed by atoms with Gasteiger partial charge in [0, 0.05) is 5.69 Å². The number of thioether (sulfide) groups is 1. The van der Waals surface area contributed by atoms with Gasteiger partial charge in [0.05, 0.1) is 25.5 Å². The molecule has 3 aromatic rings. The Morgan fingerprint density at radius 3 is 2.52 bits per heavy atom. The summed E-state index contributed by atoms with van der Waals surface area (Å²) in [6.07, 6.45) is 3.62. The highest BCUT2D eigenvalue weighted by atomic mass is 32.2. The Morgan fingerprint density at radius 1 is 1.10 bits per heavy atom. The third-order valence-corrected chi connectivity index (χ3v) is 4.92. The van der Waals surface area contributed by atoms with E-state index in [1.54, 1.807) is 20.3 Å². The summed E-state index contributed by atoms with van der Waals surface area (Å²) in [5.41, 5.74) is 1.57. The Bertz CT molecular complexity index is 1100. The molecule has 0 aliphatic carbocycles. The monoisotopic (exact) mass is 440 g/mol. The van der Waals surface area contributed by atoms with Crippen molar-refractivity contribution >= 4 is 41.5 Å². The number of carboxylic acids is 1. The Labute approximate surface area is 182 Å². The van der Waals surface area contributed by atoms with Gasteiger partial charge >= 0.3 is 5.97 Å². The number of amides is 1. The van der Waals surface area contributed by atoms with Crippen LogP contribution in [0.3, 0.4) is 0 Å². The number of nitrogens with one attached hydrogen (secondary N) is 2. The van der Waals surface area contributed by atoms with Crippen molar-refractivity contribution in [1.82, 2.24) is 15.2 Å². The molecule has 0 radical (unpaired) electrons. The summed E-state index contributed by atoms with van der Waals surface area (Å²) in [7, 11) is 3.16. The molecule has 0 fully saturated rings. The molecule has 9 nitrogen and oxygen atoms in total. The predicted octanol–water partition coefficient (Wildman–Crippen LogP) is 3.42. The van der Waals surface area contributed by atoms with E-state index in [1.807, 2.05) is 24.3 Å². The maximum Gasteiger partial charge on any atom is 0.335 e. The van der Waals surface area contributed by atoms with Gasteiger partial charge in [-0.25, -0.2) is 9.78 Å². The van der Waals surface area contributed by atoms with Crippen LogP contribution in [0.2, 0.25) is 0 Å². The molecule has 3 rings (SSSR count). The van der Waals surface area contributed by atoms with E-state index in [9.17, 15) is 9.59 Å². The summed E-state index contributed by atoms with van der Waals surface area (Å²) in [6.45, 7) is 0. The van der Waals surface area contributed by atoms with Crippen LogP contribution in [-0.2, 0) is 4.79 Å². The summed E-state index contributed by atoms with van der Waals surface area (Å²) in [6, 6.07) is 11.5. The fourth-order valence-electron chi connectivity index (χ4n) is 2.55. The molecular formula is C21H20N4O5S. The van der Waals surface area contributed by atoms with Crippen LogP contribution < -0.4 is 14.8 Å². The number of nitrogens with zero attached hydrogens (tertiary/aromatic N) is 2. The average Bonchev–Trinajstić information content (AvgIpc) is 3.24. The average molecular weight is 440 g/mol. The summed E-state index contributed by atoms with van der Waals surface area (Å²) >= 11 is 1.18. The molecule has 0 atom stereocenters. The number of aromatic nitrogens is 3. The highest BCUT2D eigenvalue weighted by Crippen LogP contribution is 2.28. The van der Waals surface area contributed by atoms with E-state index >= 15 is 0 Å². The van der Waals surface area contributed by atoms with Crippen molar-refractivity contribution in [2.45, 2.75) is 5.16 Å². The number of H-pyrrole nitrogens is 1. The lowest BCUT2D eigenvalue weighted by molar-refractivity contribution is -0.113. The third-order valence-electron chi connectivity index (χ3n) is 4.07. The number of hydrogen-bond donors (Lipinski definition) is 3. The maximum atomic E-state index is 12.1. The van der Waals surface area contributed by atoms with E-state index in [1.165, 1.54) is 36.0 Å². The molecule has 31 heavy (non-hydrogen) atoms. The first kappa shape index (κ1) is 21.9. The quantitative estimate of drug-likeness (QED) is 0.432. The van der Waals surface area contributed by atoms with Gasteiger partial charge in [0.15, 0.2) is 11.5 Å². The van der Waals surface area contributed by atoms with Crippen molar-refractivity contribution in [3.63, 3.8) is 0 Å². The summed E-state index contributed by atoms with van der Waals surface area (Å²) in [5, 5.41) is 18.9. The number of aromatic amines is 1. The van der Waals surface area contributed by atoms with E-state index in [0.717, 1.165) is 5.56 Å². The smallest absolute Gasteiger partial charge is 0.335 e. The fraction of sp³-hybridized carbons (Fsp3) is 0.143. The van der Waals surface area contributed by atoms with E-state index in [4.69, 9.17) is 14.6 Å². The minimum atomic E-state index is -1.02. The molecule has 1 heterocycles. The van der Waals surface area contributed by atoms with Crippen molar-refractivity contribution in [1.29, 1.82) is 0 Å². The second-order valence-corrected chi connectivity index (χ2v) is 7.11. The Hall–Kier alpha value is -3.79. The zero-order chi connectivity index (χ0) is 22.2. The van der Waals surface area contributed by atoms with Crippen LogP contribution in [0, 0.1) is 0 Å². The number of ether oxygens (including phenoxy) is 2. The fourth-order valence-corrected chi connectivity index (χ4v) is 3.16. The van der Waals surface area contributed by atoms with Gasteiger partial charge in [-0.1, -0.05) is 23.9 Å². The second-order valence-electron chi connectivity index (χ2n) is 6.17. The molecule has 160 valence electrons. The maximum absolute atomic E-state index is 12.1. The van der Waals surface area contributed by atoms with E-state index in [0.29, 0.717) is 28.2 Å². The Balaban J connectivity index is 1.53. The van der Waals surface area contributed by atoms with E-state index in [-0.39, 0.29) is 17.2 Å². The molecule has 0 aliphatic rings. The number of rotatable bonds is 9. The van der Waals surface area contributed by atoms with Gasteiger partial charge in [0.2, 0.25) is 11.1 Å². The van der Waals surface area contributed by atoms with Crippen LogP contribution in [-0.4, -0.2) is 52.1 Å². The lowest BCUT2D eigenvalue weighted by atomic mass is 10.2. The zero-order valence-electron chi connectivity index (χ0n) is 16.8. The van der Waals surface area contributed by atoms with Gasteiger partial charge in [0.1, 0.15) is 5.82 Å². The number of aromatic carboxylic acids is 1. The number of benzene rings is 2. The summed E-state index contributed by atoms with van der Waals surface area (Å²) in [4.78, 5) is 27.3. The van der Waals surface area contributed by atoms with Crippen molar-refractivity contribution in [3.05, 3.63) is 59.4 Å². The summed E-state index contributed by atoms with van der Waals surface area (Å²) in [5.74, 6) is 0.657. The van der Waals surface area contributed by atoms with Gasteiger partial charge in [-0.05, 0) is 48.0 Å². The first-order chi connectivity index (χ1) is 15.0. The van der Waals surface area contributed by atoms with Gasteiger partial charge in [-0.3, -0.25) is 9.89 Å². The van der Waals surface area contributed by atoms with E-state index < -0.39 is 5.97 Å². The van der Waals surface area contributed by atoms with Crippen LogP contribution >= 0.6 is 11.8 Å². The number of carbonyl (C=O) groups excluding carboxylic acids is 1. The normalized spacial score (nSPS) is 10.8. The lowest BCUT2D eigenvalue weighted by Gasteiger charge is -2.07. The van der Waals surface area contributed by atoms with Crippen LogP contribution in [0.15, 0.2) is 47.6 Å². The highest BCUT2D eigenvalue weighted by molar-refractivity contribution is 7.99. The number of methoxy groups -OCH3 is 2.